The zero-order valence-electron chi connectivity index (χ0n) is 17.1. The maximum atomic E-state index is 13.3. The summed E-state index contributed by atoms with van der Waals surface area (Å²) in [5, 5.41) is 0. The van der Waals surface area contributed by atoms with E-state index in [-0.39, 0.29) is 17.4 Å². The first-order valence-corrected chi connectivity index (χ1v) is 10.8. The molecule has 160 valence electrons. The number of benzene rings is 1. The lowest BCUT2D eigenvalue weighted by atomic mass is 10.1. The first kappa shape index (κ1) is 21.9. The molecule has 0 radical (unpaired) electrons. The zero-order chi connectivity index (χ0) is 21.5. The SMILES string of the molecule is CCCSNc1ccc(C(=O)N2CCN(C(=O)c3cncc(F)c3)CC2)c(OC)c1. The Hall–Kier alpha value is -2.81. The largest absolute Gasteiger partial charge is 0.496 e. The van der Waals surface area contributed by atoms with E-state index >= 15 is 0 Å². The molecule has 2 amide bonds. The fraction of sp³-hybridized carbons (Fsp3) is 0.381. The van der Waals surface area contributed by atoms with E-state index < -0.39 is 5.82 Å². The number of piperazine rings is 1. The van der Waals surface area contributed by atoms with Gasteiger partial charge in [0.25, 0.3) is 11.8 Å². The molecule has 0 aliphatic carbocycles. The second-order valence-corrected chi connectivity index (χ2v) is 7.74. The highest BCUT2D eigenvalue weighted by molar-refractivity contribution is 8.00. The minimum atomic E-state index is -0.548. The van der Waals surface area contributed by atoms with Gasteiger partial charge >= 0.3 is 0 Å². The van der Waals surface area contributed by atoms with Crippen LogP contribution in [0.5, 0.6) is 5.75 Å². The van der Waals surface area contributed by atoms with Crippen LogP contribution in [0.1, 0.15) is 34.1 Å². The number of methoxy groups -OCH3 is 1. The predicted octanol–water partition coefficient (Wildman–Crippen LogP) is 3.30. The van der Waals surface area contributed by atoms with Crippen molar-refractivity contribution < 1.29 is 18.7 Å². The number of carbonyl (C=O) groups is 2. The number of rotatable bonds is 7. The number of carbonyl (C=O) groups excluding carboxylic acids is 2. The van der Waals surface area contributed by atoms with Crippen LogP contribution in [0.15, 0.2) is 36.7 Å². The molecule has 7 nitrogen and oxygen atoms in total. The lowest BCUT2D eigenvalue weighted by Crippen LogP contribution is -2.50. The van der Waals surface area contributed by atoms with Gasteiger partial charge < -0.3 is 19.3 Å². The monoisotopic (exact) mass is 432 g/mol. The number of ether oxygens (including phenoxy) is 1. The van der Waals surface area contributed by atoms with Gasteiger partial charge in [0, 0.05) is 49.9 Å². The average molecular weight is 433 g/mol. The first-order valence-electron chi connectivity index (χ1n) is 9.78. The number of amides is 2. The summed E-state index contributed by atoms with van der Waals surface area (Å²) in [5.74, 6) is 0.516. The van der Waals surface area contributed by atoms with Gasteiger partial charge in [0.2, 0.25) is 0 Å². The highest BCUT2D eigenvalue weighted by atomic mass is 32.2. The van der Waals surface area contributed by atoms with Crippen LogP contribution in [0.25, 0.3) is 0 Å². The molecule has 1 N–H and O–H groups in total. The summed E-state index contributed by atoms with van der Waals surface area (Å²) in [5.41, 5.74) is 1.57. The van der Waals surface area contributed by atoms with Crippen molar-refractivity contribution in [3.05, 3.63) is 53.6 Å². The Morgan fingerprint density at radius 1 is 1.13 bits per heavy atom. The molecule has 0 unspecified atom stereocenters. The number of nitrogens with zero attached hydrogens (tertiary/aromatic N) is 3. The van der Waals surface area contributed by atoms with Gasteiger partial charge in [0.1, 0.15) is 11.6 Å². The number of pyridine rings is 1. The molecule has 0 bridgehead atoms. The summed E-state index contributed by atoms with van der Waals surface area (Å²) in [4.78, 5) is 32.6. The molecule has 1 aliphatic rings. The quantitative estimate of drug-likeness (QED) is 0.535. The van der Waals surface area contributed by atoms with E-state index in [1.807, 2.05) is 12.1 Å². The molecule has 2 heterocycles. The molecule has 1 aromatic heterocycles. The van der Waals surface area contributed by atoms with E-state index in [1.54, 1.807) is 34.9 Å². The Balaban J connectivity index is 1.62. The van der Waals surface area contributed by atoms with Crippen molar-refractivity contribution in [3.63, 3.8) is 0 Å². The van der Waals surface area contributed by atoms with Gasteiger partial charge in [0.15, 0.2) is 0 Å². The Bertz CT molecular complexity index is 904. The van der Waals surface area contributed by atoms with Crippen molar-refractivity contribution in [1.29, 1.82) is 0 Å². The fourth-order valence-corrected chi connectivity index (χ4v) is 3.76. The third kappa shape index (κ3) is 5.21. The molecule has 1 aliphatic heterocycles. The third-order valence-electron chi connectivity index (χ3n) is 4.73. The Morgan fingerprint density at radius 3 is 2.47 bits per heavy atom. The summed E-state index contributed by atoms with van der Waals surface area (Å²) >= 11 is 1.60. The maximum Gasteiger partial charge on any atom is 0.257 e. The van der Waals surface area contributed by atoms with Gasteiger partial charge in [-0.05, 0) is 24.6 Å². The van der Waals surface area contributed by atoms with Crippen LogP contribution in [0.2, 0.25) is 0 Å². The van der Waals surface area contributed by atoms with Crippen LogP contribution in [0.4, 0.5) is 10.1 Å². The van der Waals surface area contributed by atoms with E-state index in [1.165, 1.54) is 12.3 Å². The van der Waals surface area contributed by atoms with Crippen LogP contribution >= 0.6 is 11.9 Å². The molecule has 1 aromatic carbocycles. The molecule has 0 saturated carbocycles. The Kier molecular flexibility index (Phi) is 7.51. The van der Waals surface area contributed by atoms with Gasteiger partial charge in [0.05, 0.1) is 24.4 Å². The highest BCUT2D eigenvalue weighted by Crippen LogP contribution is 2.26. The molecule has 9 heteroatoms. The van der Waals surface area contributed by atoms with Crippen LogP contribution < -0.4 is 9.46 Å². The number of aromatic nitrogens is 1. The lowest BCUT2D eigenvalue weighted by molar-refractivity contribution is 0.0533. The minimum Gasteiger partial charge on any atom is -0.496 e. The Labute approximate surface area is 179 Å². The van der Waals surface area contributed by atoms with Crippen molar-refractivity contribution in [2.24, 2.45) is 0 Å². The summed E-state index contributed by atoms with van der Waals surface area (Å²) in [6.07, 6.45) is 3.47. The smallest absolute Gasteiger partial charge is 0.257 e. The van der Waals surface area contributed by atoms with E-state index in [4.69, 9.17) is 4.74 Å². The number of hydrogen-bond donors (Lipinski definition) is 1. The fourth-order valence-electron chi connectivity index (χ4n) is 3.16. The van der Waals surface area contributed by atoms with Crippen LogP contribution in [0, 0.1) is 5.82 Å². The normalized spacial score (nSPS) is 13.8. The van der Waals surface area contributed by atoms with E-state index in [0.29, 0.717) is 37.5 Å². The van der Waals surface area contributed by atoms with E-state index in [0.717, 1.165) is 24.1 Å². The second-order valence-electron chi connectivity index (χ2n) is 6.84. The molecule has 2 aromatic rings. The van der Waals surface area contributed by atoms with Crippen LogP contribution in [-0.4, -0.2) is 65.6 Å². The van der Waals surface area contributed by atoms with Gasteiger partial charge in [-0.1, -0.05) is 18.9 Å². The molecule has 3 rings (SSSR count). The summed E-state index contributed by atoms with van der Waals surface area (Å²) in [7, 11) is 1.54. The number of halogens is 1. The summed E-state index contributed by atoms with van der Waals surface area (Å²) in [6.45, 7) is 3.64. The van der Waals surface area contributed by atoms with Gasteiger partial charge in [-0.3, -0.25) is 14.6 Å². The topological polar surface area (TPSA) is 74.8 Å². The summed E-state index contributed by atoms with van der Waals surface area (Å²) in [6, 6.07) is 6.60. The number of nitrogens with one attached hydrogen (secondary N) is 1. The predicted molar refractivity (Wildman–Crippen MR) is 115 cm³/mol. The van der Waals surface area contributed by atoms with Crippen molar-refractivity contribution in [2.45, 2.75) is 13.3 Å². The second kappa shape index (κ2) is 10.3. The van der Waals surface area contributed by atoms with E-state index in [2.05, 4.69) is 16.6 Å². The number of hydrogen-bond acceptors (Lipinski definition) is 6. The highest BCUT2D eigenvalue weighted by Gasteiger charge is 2.27. The standard InChI is InChI=1S/C21H25FN4O3S/c1-3-10-30-24-17-4-5-18(19(12-17)29-2)21(28)26-8-6-25(7-9-26)20(27)15-11-16(22)14-23-13-15/h4-5,11-14,24H,3,6-10H2,1-2H3. The van der Waals surface area contributed by atoms with Crippen molar-refractivity contribution in [1.82, 2.24) is 14.8 Å². The molecule has 0 spiro atoms. The maximum absolute atomic E-state index is 13.3. The van der Waals surface area contributed by atoms with Crippen LogP contribution in [0.3, 0.4) is 0 Å². The molecule has 1 saturated heterocycles. The molecular weight excluding hydrogens is 407 g/mol. The zero-order valence-corrected chi connectivity index (χ0v) is 17.9. The molecular formula is C21H25FN4O3S. The lowest BCUT2D eigenvalue weighted by Gasteiger charge is -2.35. The number of anilines is 1. The molecule has 1 fully saturated rings. The molecule has 0 atom stereocenters. The molecule has 30 heavy (non-hydrogen) atoms. The van der Waals surface area contributed by atoms with Gasteiger partial charge in [-0.15, -0.1) is 0 Å². The minimum absolute atomic E-state index is 0.140. The van der Waals surface area contributed by atoms with Crippen LogP contribution in [-0.2, 0) is 0 Å². The Morgan fingerprint density at radius 2 is 1.83 bits per heavy atom. The average Bonchev–Trinajstić information content (AvgIpc) is 2.78. The van der Waals surface area contributed by atoms with Crippen molar-refractivity contribution in [3.8, 4) is 5.75 Å². The van der Waals surface area contributed by atoms with Crippen molar-refractivity contribution >= 4 is 29.4 Å². The van der Waals surface area contributed by atoms with E-state index in [9.17, 15) is 14.0 Å². The van der Waals surface area contributed by atoms with Gasteiger partial charge in [-0.2, -0.15) is 0 Å². The van der Waals surface area contributed by atoms with Gasteiger partial charge in [-0.25, -0.2) is 4.39 Å². The third-order valence-corrected chi connectivity index (χ3v) is 5.73. The first-order chi connectivity index (χ1) is 14.5. The summed E-state index contributed by atoms with van der Waals surface area (Å²) < 4.78 is 22.0. The van der Waals surface area contributed by atoms with Crippen molar-refractivity contribution in [2.75, 3.05) is 43.8 Å².